The van der Waals surface area contributed by atoms with Gasteiger partial charge in [-0.1, -0.05) is 0 Å². The Morgan fingerprint density at radius 2 is 2.40 bits per heavy atom. The lowest BCUT2D eigenvalue weighted by molar-refractivity contribution is 0.722. The predicted molar refractivity (Wildman–Crippen MR) is 15.9 cm³/mol. The average molecular weight is 71.1 g/mol. The van der Waals surface area contributed by atoms with Crippen molar-refractivity contribution in [2.45, 2.75) is 0 Å². The molecule has 0 saturated heterocycles. The van der Waals surface area contributed by atoms with Crippen LogP contribution >= 0.6 is 0 Å². The molecule has 0 radical (unpaired) electrons. The van der Waals surface area contributed by atoms with Crippen LogP contribution in [-0.2, 0) is 0 Å². The summed E-state index contributed by atoms with van der Waals surface area (Å²) in [4.78, 5) is 0. The highest BCUT2D eigenvalue weighted by molar-refractivity contribution is 4.96. The molecule has 0 N–H and O–H groups in total. The molecule has 0 aliphatic carbocycles. The van der Waals surface area contributed by atoms with Crippen LogP contribution in [0.15, 0.2) is 12.4 Å². The lowest BCUT2D eigenvalue weighted by Crippen LogP contribution is -1.32. The number of allylic oxidation sites excluding steroid dienone is 1. The zero-order valence-corrected chi connectivity index (χ0v) is 2.48. The van der Waals surface area contributed by atoms with Gasteiger partial charge in [-0.25, -0.2) is 4.39 Å². The van der Waals surface area contributed by atoms with E-state index in [1.54, 1.807) is 0 Å². The Hall–Kier alpha value is -0.840. The molecule has 0 atom stereocenters. The molecule has 0 fully saturated rings. The first-order chi connectivity index (χ1) is 2.41. The van der Waals surface area contributed by atoms with Crippen molar-refractivity contribution >= 4 is 0 Å². The van der Waals surface area contributed by atoms with Gasteiger partial charge in [0.2, 0.25) is 0 Å². The second kappa shape index (κ2) is 3.16. The molecule has 0 aromatic carbocycles. The molecular formula is C3H2FN. The summed E-state index contributed by atoms with van der Waals surface area (Å²) in [5.74, 6) is 0. The van der Waals surface area contributed by atoms with Crippen molar-refractivity contribution in [3.05, 3.63) is 12.4 Å². The fourth-order valence-electron chi connectivity index (χ4n) is 0.0282. The Kier molecular flexibility index (Phi) is 2.63. The molecule has 0 aliphatic rings. The minimum absolute atomic E-state index is 0.194. The van der Waals surface area contributed by atoms with Gasteiger partial charge in [-0.2, -0.15) is 5.26 Å². The molecule has 0 bridgehead atoms. The molecule has 0 saturated carbocycles. The molecule has 0 aliphatic heterocycles. The van der Waals surface area contributed by atoms with Crippen molar-refractivity contribution < 1.29 is 4.39 Å². The number of nitrogens with zero attached hydrogens (tertiary/aromatic N) is 1. The van der Waals surface area contributed by atoms with Crippen LogP contribution in [-0.4, -0.2) is 0 Å². The minimum atomic E-state index is 0.194. The van der Waals surface area contributed by atoms with Gasteiger partial charge in [0.15, 0.2) is 0 Å². The zero-order valence-electron chi connectivity index (χ0n) is 2.48. The summed E-state index contributed by atoms with van der Waals surface area (Å²) in [7, 11) is 0. The monoisotopic (exact) mass is 71.0 g/mol. The van der Waals surface area contributed by atoms with Crippen molar-refractivity contribution in [1.82, 2.24) is 0 Å². The third-order valence-electron chi connectivity index (χ3n) is 0.138. The predicted octanol–water partition coefficient (Wildman–Crippen LogP) is 0.993. The van der Waals surface area contributed by atoms with Crippen molar-refractivity contribution in [3.63, 3.8) is 0 Å². The van der Waals surface area contributed by atoms with E-state index < -0.39 is 0 Å². The molecule has 26 valence electrons. The van der Waals surface area contributed by atoms with Gasteiger partial charge in [0.25, 0.3) is 0 Å². The topological polar surface area (TPSA) is 23.8 Å². The van der Waals surface area contributed by atoms with Gasteiger partial charge in [0, 0.05) is 6.08 Å². The number of nitriles is 1. The van der Waals surface area contributed by atoms with Crippen LogP contribution in [0.4, 0.5) is 4.39 Å². The zero-order chi connectivity index (χ0) is 4.12. The number of halogens is 1. The molecule has 1 nitrogen and oxygen atoms in total. The van der Waals surface area contributed by atoms with Crippen molar-refractivity contribution in [2.24, 2.45) is 0 Å². The van der Waals surface area contributed by atoms with Crippen molar-refractivity contribution in [1.29, 1.82) is 5.26 Å². The first-order valence-electron chi connectivity index (χ1n) is 1.06. The van der Waals surface area contributed by atoms with E-state index in [0.717, 1.165) is 6.08 Å². The van der Waals surface area contributed by atoms with Gasteiger partial charge in [-0.3, -0.25) is 0 Å². The SMILES string of the molecule is N#CC=CF. The second-order valence-electron chi connectivity index (χ2n) is 0.422. The second-order valence-corrected chi connectivity index (χ2v) is 0.422. The Morgan fingerprint density at radius 3 is 2.40 bits per heavy atom. The summed E-state index contributed by atoms with van der Waals surface area (Å²) in [5, 5.41) is 7.49. The molecule has 0 aromatic rings. The summed E-state index contributed by atoms with van der Waals surface area (Å²) in [6.45, 7) is 0. The average Bonchev–Trinajstić information content (AvgIpc) is 1.41. The van der Waals surface area contributed by atoms with Crippen molar-refractivity contribution in [3.8, 4) is 6.07 Å². The summed E-state index contributed by atoms with van der Waals surface area (Å²) in [6.07, 6.45) is 0.958. The maximum atomic E-state index is 10.6. The van der Waals surface area contributed by atoms with E-state index in [1.807, 2.05) is 0 Å². The van der Waals surface area contributed by atoms with Crippen LogP contribution in [0.5, 0.6) is 0 Å². The Bertz CT molecular complexity index is 69.5. The van der Waals surface area contributed by atoms with Crippen LogP contribution < -0.4 is 0 Å². The Morgan fingerprint density at radius 1 is 1.80 bits per heavy atom. The van der Waals surface area contributed by atoms with E-state index in [1.165, 1.54) is 6.07 Å². The summed E-state index contributed by atoms with van der Waals surface area (Å²) in [5.41, 5.74) is 0. The maximum absolute atomic E-state index is 10.6. The van der Waals surface area contributed by atoms with Crippen LogP contribution in [0.3, 0.4) is 0 Å². The van der Waals surface area contributed by atoms with E-state index in [2.05, 4.69) is 0 Å². The van der Waals surface area contributed by atoms with E-state index in [4.69, 9.17) is 5.26 Å². The fraction of sp³-hybridized carbons (Fsp3) is 0. The highest BCUT2D eigenvalue weighted by Crippen LogP contribution is 1.63. The highest BCUT2D eigenvalue weighted by Gasteiger charge is 1.49. The molecule has 5 heavy (non-hydrogen) atoms. The maximum Gasteiger partial charge on any atom is 0.0971 e. The molecule has 0 amide bonds. The van der Waals surface area contributed by atoms with Gasteiger partial charge in [-0.05, 0) is 0 Å². The first kappa shape index (κ1) is 4.16. The normalized spacial score (nSPS) is 8.00. The first-order valence-corrected chi connectivity index (χ1v) is 1.06. The van der Waals surface area contributed by atoms with E-state index in [9.17, 15) is 4.39 Å². The highest BCUT2D eigenvalue weighted by atomic mass is 19.1. The van der Waals surface area contributed by atoms with Crippen LogP contribution in [0.2, 0.25) is 0 Å². The van der Waals surface area contributed by atoms with Gasteiger partial charge >= 0.3 is 0 Å². The van der Waals surface area contributed by atoms with E-state index in [0.29, 0.717) is 0 Å². The standard InChI is InChI=1S/C3H2FN/c4-2-1-3-5/h1-2H. The van der Waals surface area contributed by atoms with E-state index >= 15 is 0 Å². The fourth-order valence-corrected chi connectivity index (χ4v) is 0.0282. The third kappa shape index (κ3) is 3.16. The van der Waals surface area contributed by atoms with Crippen LogP contribution in [0.25, 0.3) is 0 Å². The molecular weight excluding hydrogens is 69.0 g/mol. The quantitative estimate of drug-likeness (QED) is 0.391. The lowest BCUT2D eigenvalue weighted by atomic mass is 10.7. The Labute approximate surface area is 29.3 Å². The molecule has 0 unspecified atom stereocenters. The molecule has 0 aromatic heterocycles. The van der Waals surface area contributed by atoms with Crippen molar-refractivity contribution in [2.75, 3.05) is 0 Å². The minimum Gasteiger partial charge on any atom is -0.215 e. The molecule has 2 heteroatoms. The van der Waals surface area contributed by atoms with Gasteiger partial charge in [0.1, 0.15) is 0 Å². The molecule has 0 spiro atoms. The van der Waals surface area contributed by atoms with Gasteiger partial charge in [0.05, 0.1) is 12.4 Å². The molecule has 0 heterocycles. The summed E-state index contributed by atoms with van der Waals surface area (Å²) >= 11 is 0. The summed E-state index contributed by atoms with van der Waals surface area (Å²) in [6, 6.07) is 1.46. The number of hydrogen-bond acceptors (Lipinski definition) is 1. The van der Waals surface area contributed by atoms with E-state index in [-0.39, 0.29) is 6.33 Å². The Balaban J connectivity index is 3.04. The molecule has 0 rings (SSSR count). The van der Waals surface area contributed by atoms with Gasteiger partial charge in [-0.15, -0.1) is 0 Å². The number of rotatable bonds is 0. The lowest BCUT2D eigenvalue weighted by Gasteiger charge is -1.44. The van der Waals surface area contributed by atoms with Gasteiger partial charge < -0.3 is 0 Å². The third-order valence-corrected chi connectivity index (χ3v) is 0.138. The number of hydrogen-bond donors (Lipinski definition) is 0. The van der Waals surface area contributed by atoms with Crippen LogP contribution in [0, 0.1) is 11.3 Å². The van der Waals surface area contributed by atoms with Crippen LogP contribution in [0.1, 0.15) is 0 Å². The summed E-state index contributed by atoms with van der Waals surface area (Å²) < 4.78 is 10.6. The largest absolute Gasteiger partial charge is 0.215 e. The smallest absolute Gasteiger partial charge is 0.0971 e.